The number of aryl methyl sites for hydroxylation is 1. The summed E-state index contributed by atoms with van der Waals surface area (Å²) in [5, 5.41) is 22.2. The number of rotatable bonds is 10. The van der Waals surface area contributed by atoms with Gasteiger partial charge in [0.05, 0.1) is 35.6 Å². The number of carbonyl (C=O) groups excluding carboxylic acids is 2. The van der Waals surface area contributed by atoms with Gasteiger partial charge >= 0.3 is 0 Å². The van der Waals surface area contributed by atoms with Gasteiger partial charge in [0.25, 0.3) is 11.8 Å². The number of amides is 2. The van der Waals surface area contributed by atoms with Gasteiger partial charge in [-0.25, -0.2) is 9.97 Å². The first-order valence-corrected chi connectivity index (χ1v) is 10.5. The Morgan fingerprint density at radius 3 is 2.67 bits per heavy atom. The maximum absolute atomic E-state index is 13.1. The minimum Gasteiger partial charge on any atom is -0.387 e. The topological polar surface area (TPSA) is 146 Å². The molecular formula is C22H30N8O3. The van der Waals surface area contributed by atoms with Crippen molar-refractivity contribution in [2.75, 3.05) is 17.7 Å². The third kappa shape index (κ3) is 6.81. The molecule has 11 heteroatoms. The van der Waals surface area contributed by atoms with Crippen LogP contribution in [0.3, 0.4) is 0 Å². The molecule has 0 aromatic carbocycles. The Morgan fingerprint density at radius 2 is 2.03 bits per heavy atom. The average molecular weight is 455 g/mol. The van der Waals surface area contributed by atoms with Crippen molar-refractivity contribution >= 4 is 29.5 Å². The van der Waals surface area contributed by atoms with E-state index in [9.17, 15) is 14.7 Å². The van der Waals surface area contributed by atoms with Crippen LogP contribution in [0.5, 0.6) is 0 Å². The second-order valence-corrected chi connectivity index (χ2v) is 7.05. The van der Waals surface area contributed by atoms with Crippen LogP contribution in [0.1, 0.15) is 66.4 Å². The Morgan fingerprint density at radius 1 is 1.27 bits per heavy atom. The number of aliphatic hydroxyl groups excluding tert-OH is 1. The van der Waals surface area contributed by atoms with Gasteiger partial charge in [-0.1, -0.05) is 25.5 Å². The minimum atomic E-state index is -0.927. The van der Waals surface area contributed by atoms with E-state index in [-0.39, 0.29) is 28.6 Å². The molecule has 0 fully saturated rings. The molecule has 0 aliphatic rings. The van der Waals surface area contributed by atoms with Crippen LogP contribution in [0.25, 0.3) is 0 Å². The Hall–Kier alpha value is -3.86. The fourth-order valence-electron chi connectivity index (χ4n) is 2.69. The van der Waals surface area contributed by atoms with Crippen molar-refractivity contribution in [3.8, 4) is 0 Å². The van der Waals surface area contributed by atoms with Crippen LogP contribution in [0.2, 0.25) is 0 Å². The molecule has 2 amide bonds. The molecule has 0 radical (unpaired) electrons. The van der Waals surface area contributed by atoms with Crippen LogP contribution in [0.15, 0.2) is 41.4 Å². The van der Waals surface area contributed by atoms with E-state index in [1.165, 1.54) is 31.0 Å². The second-order valence-electron chi connectivity index (χ2n) is 7.05. The van der Waals surface area contributed by atoms with E-state index >= 15 is 0 Å². The Bertz CT molecular complexity index is 1070. The molecule has 0 bridgehead atoms. The normalized spacial score (nSPS) is 12.8. The smallest absolute Gasteiger partial charge is 0.278 e. The molecule has 0 aliphatic heterocycles. The summed E-state index contributed by atoms with van der Waals surface area (Å²) in [4.78, 5) is 38.1. The number of anilines is 2. The first-order valence-electron chi connectivity index (χ1n) is 10.5. The third-order valence-corrected chi connectivity index (χ3v) is 4.50. The zero-order valence-corrected chi connectivity index (χ0v) is 19.5. The number of nitrogens with zero attached hydrogens (tertiary/aromatic N) is 5. The van der Waals surface area contributed by atoms with Gasteiger partial charge in [-0.05, 0) is 20.3 Å². The predicted molar refractivity (Wildman–Crippen MR) is 127 cm³/mol. The minimum absolute atomic E-state index is 0.0608. The van der Waals surface area contributed by atoms with E-state index in [1.807, 2.05) is 13.0 Å². The maximum atomic E-state index is 13.1. The van der Waals surface area contributed by atoms with Gasteiger partial charge in [0.15, 0.2) is 11.5 Å². The zero-order chi connectivity index (χ0) is 24.4. The summed E-state index contributed by atoms with van der Waals surface area (Å²) in [5.41, 5.74) is 1.15. The molecule has 2 rings (SSSR count). The lowest BCUT2D eigenvalue weighted by Gasteiger charge is -2.13. The van der Waals surface area contributed by atoms with Gasteiger partial charge < -0.3 is 21.1 Å². The van der Waals surface area contributed by atoms with Crippen LogP contribution in [0.4, 0.5) is 11.5 Å². The van der Waals surface area contributed by atoms with Gasteiger partial charge in [0, 0.05) is 26.5 Å². The van der Waals surface area contributed by atoms with Gasteiger partial charge in [-0.3, -0.25) is 19.3 Å². The quantitative estimate of drug-likeness (QED) is 0.404. The highest BCUT2D eigenvalue weighted by Gasteiger charge is 2.22. The highest BCUT2D eigenvalue weighted by Crippen LogP contribution is 2.20. The molecule has 4 N–H and O–H groups in total. The summed E-state index contributed by atoms with van der Waals surface area (Å²) in [5.74, 6) is -0.865. The van der Waals surface area contributed by atoms with E-state index in [0.717, 1.165) is 12.8 Å². The molecule has 176 valence electrons. The number of nitrogens with one attached hydrogen (secondary N) is 3. The number of allylic oxidation sites excluding steroid dienone is 3. The van der Waals surface area contributed by atoms with Crippen LogP contribution in [-0.4, -0.2) is 49.9 Å². The monoisotopic (exact) mass is 454 g/mol. The van der Waals surface area contributed by atoms with Crippen molar-refractivity contribution in [2.45, 2.75) is 39.7 Å². The maximum Gasteiger partial charge on any atom is 0.278 e. The van der Waals surface area contributed by atoms with Gasteiger partial charge in [-0.15, -0.1) is 0 Å². The molecule has 2 aromatic heterocycles. The first-order chi connectivity index (χ1) is 15.8. The first kappa shape index (κ1) is 25.4. The van der Waals surface area contributed by atoms with E-state index < -0.39 is 17.9 Å². The zero-order valence-electron chi connectivity index (χ0n) is 19.5. The van der Waals surface area contributed by atoms with Crippen LogP contribution in [-0.2, 0) is 7.05 Å². The molecule has 1 atom stereocenters. The molecule has 0 saturated heterocycles. The average Bonchev–Trinajstić information content (AvgIpc) is 3.17. The lowest BCUT2D eigenvalue weighted by atomic mass is 10.2. The molecule has 11 nitrogen and oxygen atoms in total. The highest BCUT2D eigenvalue weighted by molar-refractivity contribution is 6.09. The Labute approximate surface area is 192 Å². The van der Waals surface area contributed by atoms with Crippen molar-refractivity contribution in [2.24, 2.45) is 12.0 Å². The third-order valence-electron chi connectivity index (χ3n) is 4.50. The standard InChI is InChI=1S/C22H30N8O3/c1-6-8-9-10-24-11-15(7-2)27-20-18(28-16(12-25-20)14(3)31)21(32)29-17-13-26-30(5)19(17)22(33)23-4/h7,9-14,31H,6,8H2,1-5H3,(H,23,33)(H,25,27)(H,29,32)/b10-9+,15-7+,24-11-. The van der Waals surface area contributed by atoms with Crippen molar-refractivity contribution in [1.29, 1.82) is 0 Å². The SMILES string of the molecule is C\C=C(/C=N\C=C\CCC)Nc1ncc(C(C)O)nc1C(=O)Nc1cnn(C)c1C(=O)NC. The number of hydrogen-bond acceptors (Lipinski definition) is 8. The highest BCUT2D eigenvalue weighted by atomic mass is 16.3. The lowest BCUT2D eigenvalue weighted by molar-refractivity contribution is 0.0954. The number of aliphatic hydroxyl groups is 1. The largest absolute Gasteiger partial charge is 0.387 e. The number of carbonyl (C=O) groups is 2. The van der Waals surface area contributed by atoms with Crippen molar-refractivity contribution in [3.63, 3.8) is 0 Å². The van der Waals surface area contributed by atoms with E-state index in [4.69, 9.17) is 0 Å². The van der Waals surface area contributed by atoms with E-state index in [2.05, 4.69) is 42.9 Å². The number of aromatic nitrogens is 4. The van der Waals surface area contributed by atoms with Crippen LogP contribution in [0, 0.1) is 0 Å². The summed E-state index contributed by atoms with van der Waals surface area (Å²) in [6.07, 6.45) is 10.8. The van der Waals surface area contributed by atoms with Crippen LogP contribution < -0.4 is 16.0 Å². The molecule has 2 heterocycles. The van der Waals surface area contributed by atoms with Crippen LogP contribution >= 0.6 is 0 Å². The molecule has 2 aromatic rings. The van der Waals surface area contributed by atoms with Crippen molar-refractivity contribution in [1.82, 2.24) is 25.1 Å². The summed E-state index contributed by atoms with van der Waals surface area (Å²) in [7, 11) is 3.08. The summed E-state index contributed by atoms with van der Waals surface area (Å²) in [6.45, 7) is 5.42. The summed E-state index contributed by atoms with van der Waals surface area (Å²) < 4.78 is 1.35. The van der Waals surface area contributed by atoms with E-state index in [1.54, 1.807) is 25.5 Å². The fraction of sp³-hybridized carbons (Fsp3) is 0.364. The Kier molecular flexibility index (Phi) is 9.43. The lowest BCUT2D eigenvalue weighted by Crippen LogP contribution is -2.24. The van der Waals surface area contributed by atoms with Crippen molar-refractivity contribution < 1.29 is 14.7 Å². The van der Waals surface area contributed by atoms with E-state index in [0.29, 0.717) is 5.70 Å². The van der Waals surface area contributed by atoms with Gasteiger partial charge in [0.2, 0.25) is 0 Å². The predicted octanol–water partition coefficient (Wildman–Crippen LogP) is 2.58. The summed E-state index contributed by atoms with van der Waals surface area (Å²) >= 11 is 0. The van der Waals surface area contributed by atoms with Gasteiger partial charge in [-0.2, -0.15) is 5.10 Å². The molecule has 33 heavy (non-hydrogen) atoms. The fourth-order valence-corrected chi connectivity index (χ4v) is 2.69. The number of unbranched alkanes of at least 4 members (excludes halogenated alkanes) is 1. The Balaban J connectivity index is 2.36. The molecular weight excluding hydrogens is 424 g/mol. The van der Waals surface area contributed by atoms with Crippen molar-refractivity contribution in [3.05, 3.63) is 53.5 Å². The number of aliphatic imine (C=N–C) groups is 1. The summed E-state index contributed by atoms with van der Waals surface area (Å²) in [6, 6.07) is 0. The number of hydrogen-bond donors (Lipinski definition) is 4. The molecule has 1 unspecified atom stereocenters. The van der Waals surface area contributed by atoms with Gasteiger partial charge in [0.1, 0.15) is 5.69 Å². The molecule has 0 saturated carbocycles. The molecule has 0 spiro atoms. The second kappa shape index (κ2) is 12.2. The molecule has 0 aliphatic carbocycles.